The van der Waals surface area contributed by atoms with Gasteiger partial charge >= 0.3 is 0 Å². The van der Waals surface area contributed by atoms with Gasteiger partial charge in [0.25, 0.3) is 0 Å². The van der Waals surface area contributed by atoms with Crippen LogP contribution in [0.15, 0.2) is 64.9 Å². The fourth-order valence-corrected chi connectivity index (χ4v) is 2.15. The molecule has 0 bridgehead atoms. The molecular formula is C15H15N3OS. The molecule has 0 fully saturated rings. The Kier molecular flexibility index (Phi) is 5.32. The summed E-state index contributed by atoms with van der Waals surface area (Å²) in [5.74, 6) is 0.152. The van der Waals surface area contributed by atoms with Gasteiger partial charge < -0.3 is 0 Å². The van der Waals surface area contributed by atoms with Gasteiger partial charge in [0, 0.05) is 6.20 Å². The van der Waals surface area contributed by atoms with Crippen LogP contribution in [0.25, 0.3) is 0 Å². The van der Waals surface area contributed by atoms with Gasteiger partial charge in [-0.15, -0.1) is 0 Å². The van der Waals surface area contributed by atoms with Crippen LogP contribution >= 0.6 is 11.8 Å². The summed E-state index contributed by atoms with van der Waals surface area (Å²) < 4.78 is 0. The van der Waals surface area contributed by atoms with Crippen LogP contribution in [0.1, 0.15) is 12.5 Å². The van der Waals surface area contributed by atoms with Gasteiger partial charge in [-0.3, -0.25) is 4.79 Å². The molecule has 1 heterocycles. The lowest BCUT2D eigenvalue weighted by molar-refractivity contribution is -0.118. The van der Waals surface area contributed by atoms with E-state index in [2.05, 4.69) is 15.5 Å². The highest BCUT2D eigenvalue weighted by atomic mass is 32.2. The minimum Gasteiger partial charge on any atom is -0.272 e. The van der Waals surface area contributed by atoms with E-state index in [0.29, 0.717) is 5.75 Å². The van der Waals surface area contributed by atoms with Gasteiger partial charge in [-0.25, -0.2) is 10.4 Å². The highest BCUT2D eigenvalue weighted by Gasteiger charge is 2.03. The van der Waals surface area contributed by atoms with Crippen molar-refractivity contribution in [2.24, 2.45) is 5.10 Å². The molecule has 2 rings (SSSR count). The Morgan fingerprint density at radius 2 is 1.95 bits per heavy atom. The number of nitrogens with zero attached hydrogens (tertiary/aromatic N) is 2. The van der Waals surface area contributed by atoms with Gasteiger partial charge in [0.2, 0.25) is 5.91 Å². The van der Waals surface area contributed by atoms with Crippen molar-refractivity contribution in [2.75, 3.05) is 5.75 Å². The van der Waals surface area contributed by atoms with Crippen LogP contribution in [-0.4, -0.2) is 22.4 Å². The molecule has 1 N–H and O–H groups in total. The molecule has 1 amide bonds. The number of amides is 1. The van der Waals surface area contributed by atoms with Crippen LogP contribution in [0, 0.1) is 0 Å². The Morgan fingerprint density at radius 1 is 1.20 bits per heavy atom. The van der Waals surface area contributed by atoms with Gasteiger partial charge in [-0.2, -0.15) is 5.10 Å². The zero-order valence-electron chi connectivity index (χ0n) is 11.1. The van der Waals surface area contributed by atoms with Crippen LogP contribution < -0.4 is 5.43 Å². The number of carbonyl (C=O) groups is 1. The van der Waals surface area contributed by atoms with E-state index < -0.39 is 0 Å². The van der Waals surface area contributed by atoms with Gasteiger partial charge in [-0.1, -0.05) is 48.2 Å². The molecule has 0 aliphatic carbocycles. The molecule has 0 aliphatic rings. The Balaban J connectivity index is 1.83. The minimum absolute atomic E-state index is 0.143. The van der Waals surface area contributed by atoms with E-state index in [4.69, 9.17) is 0 Å². The lowest BCUT2D eigenvalue weighted by atomic mass is 10.1. The summed E-state index contributed by atoms with van der Waals surface area (Å²) in [6.45, 7) is 1.86. The lowest BCUT2D eigenvalue weighted by Gasteiger charge is -2.02. The van der Waals surface area contributed by atoms with Crippen molar-refractivity contribution in [3.63, 3.8) is 0 Å². The molecule has 0 unspecified atom stereocenters. The molecule has 4 nitrogen and oxygen atoms in total. The van der Waals surface area contributed by atoms with E-state index in [0.717, 1.165) is 16.3 Å². The number of hydrogen-bond acceptors (Lipinski definition) is 4. The second-order valence-electron chi connectivity index (χ2n) is 4.05. The van der Waals surface area contributed by atoms with Crippen LogP contribution in [-0.2, 0) is 4.79 Å². The fourth-order valence-electron chi connectivity index (χ4n) is 1.49. The number of aromatic nitrogens is 1. The van der Waals surface area contributed by atoms with Crippen LogP contribution in [0.5, 0.6) is 0 Å². The van der Waals surface area contributed by atoms with Crippen molar-refractivity contribution in [3.8, 4) is 0 Å². The zero-order chi connectivity index (χ0) is 14.2. The lowest BCUT2D eigenvalue weighted by Crippen LogP contribution is -2.21. The maximum atomic E-state index is 11.7. The van der Waals surface area contributed by atoms with Gasteiger partial charge in [-0.05, 0) is 24.6 Å². The van der Waals surface area contributed by atoms with Gasteiger partial charge in [0.05, 0.1) is 16.5 Å². The Morgan fingerprint density at radius 3 is 2.65 bits per heavy atom. The first-order valence-electron chi connectivity index (χ1n) is 6.18. The first kappa shape index (κ1) is 14.3. The quantitative estimate of drug-likeness (QED) is 0.522. The third-order valence-electron chi connectivity index (χ3n) is 2.53. The molecule has 1 aromatic carbocycles. The van der Waals surface area contributed by atoms with Crippen molar-refractivity contribution in [1.82, 2.24) is 10.4 Å². The molecule has 5 heteroatoms. The predicted octanol–water partition coefficient (Wildman–Crippen LogP) is 2.71. The molecule has 0 radical (unpaired) electrons. The Bertz CT molecular complexity index is 585. The molecule has 0 aliphatic heterocycles. The van der Waals surface area contributed by atoms with E-state index >= 15 is 0 Å². The van der Waals surface area contributed by atoms with Crippen LogP contribution in [0.2, 0.25) is 0 Å². The SMILES string of the molecule is C/C(=N/NC(=O)CSc1ccccn1)c1ccccc1. The zero-order valence-corrected chi connectivity index (χ0v) is 11.9. The van der Waals surface area contributed by atoms with E-state index in [-0.39, 0.29) is 5.91 Å². The van der Waals surface area contributed by atoms with Crippen LogP contribution in [0.3, 0.4) is 0 Å². The van der Waals surface area contributed by atoms with Crippen molar-refractivity contribution >= 4 is 23.4 Å². The number of carbonyl (C=O) groups excluding carboxylic acids is 1. The van der Waals surface area contributed by atoms with E-state index in [1.807, 2.05) is 55.5 Å². The van der Waals surface area contributed by atoms with Crippen molar-refractivity contribution in [3.05, 3.63) is 60.3 Å². The topological polar surface area (TPSA) is 54.4 Å². The summed E-state index contributed by atoms with van der Waals surface area (Å²) in [6.07, 6.45) is 1.71. The maximum Gasteiger partial charge on any atom is 0.250 e. The normalized spacial score (nSPS) is 11.2. The highest BCUT2D eigenvalue weighted by Crippen LogP contribution is 2.12. The number of thioether (sulfide) groups is 1. The molecule has 0 atom stereocenters. The number of benzene rings is 1. The first-order chi connectivity index (χ1) is 9.75. The van der Waals surface area contributed by atoms with Crippen molar-refractivity contribution < 1.29 is 4.79 Å². The highest BCUT2D eigenvalue weighted by molar-refractivity contribution is 7.99. The first-order valence-corrected chi connectivity index (χ1v) is 7.16. The summed E-state index contributed by atoms with van der Waals surface area (Å²) in [5, 5.41) is 4.92. The number of pyridine rings is 1. The number of hydrazone groups is 1. The molecule has 2 aromatic rings. The summed E-state index contributed by atoms with van der Waals surface area (Å²) in [7, 11) is 0. The van der Waals surface area contributed by atoms with E-state index in [1.165, 1.54) is 11.8 Å². The summed E-state index contributed by atoms with van der Waals surface area (Å²) in [6, 6.07) is 15.3. The summed E-state index contributed by atoms with van der Waals surface area (Å²) in [5.41, 5.74) is 4.32. The third-order valence-corrected chi connectivity index (χ3v) is 3.47. The largest absolute Gasteiger partial charge is 0.272 e. The maximum absolute atomic E-state index is 11.7. The summed E-state index contributed by atoms with van der Waals surface area (Å²) in [4.78, 5) is 15.8. The second kappa shape index (κ2) is 7.45. The molecular weight excluding hydrogens is 270 g/mol. The second-order valence-corrected chi connectivity index (χ2v) is 5.05. The van der Waals surface area contributed by atoms with E-state index in [1.54, 1.807) is 6.20 Å². The molecule has 20 heavy (non-hydrogen) atoms. The standard InChI is InChI=1S/C15H15N3OS/c1-12(13-7-3-2-4-8-13)17-18-14(19)11-20-15-9-5-6-10-16-15/h2-10H,11H2,1H3,(H,18,19)/b17-12-. The predicted molar refractivity (Wildman–Crippen MR) is 81.8 cm³/mol. The molecule has 0 saturated carbocycles. The Labute approximate surface area is 122 Å². The van der Waals surface area contributed by atoms with Crippen molar-refractivity contribution in [2.45, 2.75) is 11.9 Å². The molecule has 0 spiro atoms. The monoisotopic (exact) mass is 285 g/mol. The van der Waals surface area contributed by atoms with Gasteiger partial charge in [0.1, 0.15) is 0 Å². The number of rotatable bonds is 5. The van der Waals surface area contributed by atoms with Crippen LogP contribution in [0.4, 0.5) is 0 Å². The third kappa shape index (κ3) is 4.51. The molecule has 102 valence electrons. The average Bonchev–Trinajstić information content (AvgIpc) is 2.52. The minimum atomic E-state index is -0.143. The van der Waals surface area contributed by atoms with E-state index in [9.17, 15) is 4.79 Å². The molecule has 0 saturated heterocycles. The van der Waals surface area contributed by atoms with Crippen molar-refractivity contribution in [1.29, 1.82) is 0 Å². The fraction of sp³-hybridized carbons (Fsp3) is 0.133. The smallest absolute Gasteiger partial charge is 0.250 e. The Hall–Kier alpha value is -2.14. The number of nitrogens with one attached hydrogen (secondary N) is 1. The molecule has 1 aromatic heterocycles. The average molecular weight is 285 g/mol. The summed E-state index contributed by atoms with van der Waals surface area (Å²) >= 11 is 1.38. The van der Waals surface area contributed by atoms with Gasteiger partial charge in [0.15, 0.2) is 0 Å². The number of hydrogen-bond donors (Lipinski definition) is 1.